The van der Waals surface area contributed by atoms with Crippen molar-refractivity contribution >= 4 is 17.5 Å². The highest BCUT2D eigenvalue weighted by Crippen LogP contribution is 2.25. The minimum absolute atomic E-state index is 0.279. The number of nitrogens with one attached hydrogen (secondary N) is 1. The maximum Gasteiger partial charge on any atom is 0.157 e. The van der Waals surface area contributed by atoms with E-state index in [2.05, 4.69) is 17.1 Å². The molecule has 0 spiro atoms. The average molecular weight is 197 g/mol. The van der Waals surface area contributed by atoms with E-state index in [1.165, 1.54) is 18.6 Å². The van der Waals surface area contributed by atoms with Crippen LogP contribution in [0.5, 0.6) is 0 Å². The quantitative estimate of drug-likeness (QED) is 0.747. The monoisotopic (exact) mass is 197 g/mol. The highest BCUT2D eigenvalue weighted by molar-refractivity contribution is 8.00. The molecule has 1 aliphatic heterocycles. The van der Waals surface area contributed by atoms with Crippen molar-refractivity contribution in [1.29, 1.82) is 0 Å². The summed E-state index contributed by atoms with van der Waals surface area (Å²) in [6.07, 6.45) is 6.09. The highest BCUT2D eigenvalue weighted by atomic mass is 32.2. The molecule has 0 aromatic rings. The van der Waals surface area contributed by atoms with E-state index in [4.69, 9.17) is 0 Å². The van der Waals surface area contributed by atoms with Crippen LogP contribution in [-0.2, 0) is 4.79 Å². The van der Waals surface area contributed by atoms with E-state index in [1.807, 2.05) is 0 Å². The molecule has 1 saturated heterocycles. The lowest BCUT2D eigenvalue weighted by Crippen LogP contribution is -2.21. The van der Waals surface area contributed by atoms with Gasteiger partial charge in [0.25, 0.3) is 0 Å². The van der Waals surface area contributed by atoms with Gasteiger partial charge in [-0.25, -0.2) is 0 Å². The van der Waals surface area contributed by atoms with Gasteiger partial charge in [0.2, 0.25) is 0 Å². The molecule has 2 aliphatic rings. The molecule has 0 aromatic carbocycles. The molecule has 1 aliphatic carbocycles. The van der Waals surface area contributed by atoms with Crippen LogP contribution < -0.4 is 5.32 Å². The van der Waals surface area contributed by atoms with E-state index in [-0.39, 0.29) is 5.78 Å². The maximum atomic E-state index is 10.9. The minimum atomic E-state index is 0.279. The van der Waals surface area contributed by atoms with Crippen molar-refractivity contribution in [3.05, 3.63) is 11.8 Å². The van der Waals surface area contributed by atoms with Crippen LogP contribution in [0.3, 0.4) is 0 Å². The van der Waals surface area contributed by atoms with Gasteiger partial charge >= 0.3 is 0 Å². The number of hydrogen-bond acceptors (Lipinski definition) is 3. The van der Waals surface area contributed by atoms with Gasteiger partial charge in [-0.2, -0.15) is 11.8 Å². The molecule has 1 unspecified atom stereocenters. The fourth-order valence-corrected chi connectivity index (χ4v) is 2.99. The Morgan fingerprint density at radius 3 is 3.08 bits per heavy atom. The lowest BCUT2D eigenvalue weighted by Gasteiger charge is -2.11. The van der Waals surface area contributed by atoms with Gasteiger partial charge in [0.05, 0.1) is 0 Å². The summed E-state index contributed by atoms with van der Waals surface area (Å²) in [5, 5.41) is 4.15. The van der Waals surface area contributed by atoms with E-state index in [0.29, 0.717) is 6.42 Å². The van der Waals surface area contributed by atoms with E-state index in [0.717, 1.165) is 23.9 Å². The van der Waals surface area contributed by atoms with E-state index >= 15 is 0 Å². The second kappa shape index (κ2) is 4.18. The van der Waals surface area contributed by atoms with Gasteiger partial charge in [-0.15, -0.1) is 0 Å². The summed E-state index contributed by atoms with van der Waals surface area (Å²) in [6.45, 7) is 1.05. The van der Waals surface area contributed by atoms with E-state index < -0.39 is 0 Å². The van der Waals surface area contributed by atoms with Crippen molar-refractivity contribution in [2.75, 3.05) is 12.3 Å². The Balaban J connectivity index is 1.73. The number of carbonyl (C=O) groups is 1. The largest absolute Gasteiger partial charge is 0.387 e. The van der Waals surface area contributed by atoms with E-state index in [9.17, 15) is 4.79 Å². The second-order valence-corrected chi connectivity index (χ2v) is 5.06. The fourth-order valence-electron chi connectivity index (χ4n) is 1.79. The first-order valence-corrected chi connectivity index (χ1v) is 5.98. The van der Waals surface area contributed by atoms with Crippen LogP contribution in [0, 0.1) is 0 Å². The first-order valence-electron chi connectivity index (χ1n) is 4.93. The SMILES string of the molecule is O=C1C=C(NCC2CCCS2)CC1. The molecule has 0 aromatic heterocycles. The lowest BCUT2D eigenvalue weighted by atomic mass is 10.2. The summed E-state index contributed by atoms with van der Waals surface area (Å²) in [7, 11) is 0. The molecular weight excluding hydrogens is 182 g/mol. The second-order valence-electron chi connectivity index (χ2n) is 3.65. The van der Waals surface area contributed by atoms with Gasteiger partial charge in [0, 0.05) is 30.0 Å². The minimum Gasteiger partial charge on any atom is -0.387 e. The molecule has 2 nitrogen and oxygen atoms in total. The molecule has 0 bridgehead atoms. The van der Waals surface area contributed by atoms with Crippen molar-refractivity contribution in [2.24, 2.45) is 0 Å². The number of ketones is 1. The number of carbonyl (C=O) groups excluding carboxylic acids is 1. The Bertz CT molecular complexity index is 231. The Morgan fingerprint density at radius 2 is 2.46 bits per heavy atom. The van der Waals surface area contributed by atoms with Crippen LogP contribution in [0.2, 0.25) is 0 Å². The van der Waals surface area contributed by atoms with Gasteiger partial charge in [-0.1, -0.05) is 0 Å². The molecule has 0 radical (unpaired) electrons. The molecule has 1 fully saturated rings. The Morgan fingerprint density at radius 1 is 1.54 bits per heavy atom. The topological polar surface area (TPSA) is 29.1 Å². The van der Waals surface area contributed by atoms with Crippen molar-refractivity contribution in [3.63, 3.8) is 0 Å². The van der Waals surface area contributed by atoms with Gasteiger partial charge in [-0.3, -0.25) is 4.79 Å². The molecule has 1 N–H and O–H groups in total. The number of thioether (sulfide) groups is 1. The first kappa shape index (κ1) is 9.13. The molecule has 0 amide bonds. The third-order valence-electron chi connectivity index (χ3n) is 2.56. The van der Waals surface area contributed by atoms with Crippen LogP contribution >= 0.6 is 11.8 Å². The van der Waals surface area contributed by atoms with Crippen LogP contribution in [0.1, 0.15) is 25.7 Å². The normalized spacial score (nSPS) is 27.8. The molecule has 3 heteroatoms. The number of hydrogen-bond donors (Lipinski definition) is 1. The standard InChI is InChI=1S/C10H15NOS/c12-9-4-3-8(6-9)11-7-10-2-1-5-13-10/h6,10-11H,1-5,7H2. The van der Waals surface area contributed by atoms with Crippen molar-refractivity contribution in [1.82, 2.24) is 5.32 Å². The number of rotatable bonds is 3. The van der Waals surface area contributed by atoms with Crippen LogP contribution in [0.4, 0.5) is 0 Å². The van der Waals surface area contributed by atoms with Crippen molar-refractivity contribution < 1.29 is 4.79 Å². The Labute approximate surface area is 83.2 Å². The zero-order valence-electron chi connectivity index (χ0n) is 7.71. The van der Waals surface area contributed by atoms with Gasteiger partial charge in [0.1, 0.15) is 0 Å². The van der Waals surface area contributed by atoms with Crippen LogP contribution in [0.25, 0.3) is 0 Å². The van der Waals surface area contributed by atoms with Crippen molar-refractivity contribution in [3.8, 4) is 0 Å². The smallest absolute Gasteiger partial charge is 0.157 e. The molecule has 1 atom stereocenters. The Kier molecular flexibility index (Phi) is 2.94. The molecular formula is C10H15NOS. The fraction of sp³-hybridized carbons (Fsp3) is 0.700. The van der Waals surface area contributed by atoms with Gasteiger partial charge in [-0.05, 0) is 25.0 Å². The summed E-state index contributed by atoms with van der Waals surface area (Å²) in [6, 6.07) is 0. The van der Waals surface area contributed by atoms with Gasteiger partial charge < -0.3 is 5.32 Å². The van der Waals surface area contributed by atoms with Gasteiger partial charge in [0.15, 0.2) is 5.78 Å². The van der Waals surface area contributed by atoms with E-state index in [1.54, 1.807) is 6.08 Å². The third kappa shape index (κ3) is 2.50. The zero-order valence-corrected chi connectivity index (χ0v) is 8.53. The molecule has 72 valence electrons. The zero-order chi connectivity index (χ0) is 9.10. The summed E-state index contributed by atoms with van der Waals surface area (Å²) in [5.74, 6) is 1.59. The molecule has 1 heterocycles. The van der Waals surface area contributed by atoms with Crippen LogP contribution in [-0.4, -0.2) is 23.3 Å². The first-order chi connectivity index (χ1) is 6.34. The van der Waals surface area contributed by atoms with Crippen LogP contribution in [0.15, 0.2) is 11.8 Å². The molecule has 2 rings (SSSR count). The lowest BCUT2D eigenvalue weighted by molar-refractivity contribution is -0.114. The third-order valence-corrected chi connectivity index (χ3v) is 3.95. The predicted octanol–water partition coefficient (Wildman–Crippen LogP) is 1.72. The Hall–Kier alpha value is -0.440. The number of allylic oxidation sites excluding steroid dienone is 2. The summed E-state index contributed by atoms with van der Waals surface area (Å²) < 4.78 is 0. The summed E-state index contributed by atoms with van der Waals surface area (Å²) in [4.78, 5) is 10.9. The summed E-state index contributed by atoms with van der Waals surface area (Å²) >= 11 is 2.05. The highest BCUT2D eigenvalue weighted by Gasteiger charge is 2.17. The summed E-state index contributed by atoms with van der Waals surface area (Å²) in [5.41, 5.74) is 1.15. The molecule has 13 heavy (non-hydrogen) atoms. The average Bonchev–Trinajstić information content (AvgIpc) is 2.71. The maximum absolute atomic E-state index is 10.9. The molecule has 0 saturated carbocycles. The predicted molar refractivity (Wildman–Crippen MR) is 55.8 cm³/mol. The van der Waals surface area contributed by atoms with Crippen molar-refractivity contribution in [2.45, 2.75) is 30.9 Å².